The predicted octanol–water partition coefficient (Wildman–Crippen LogP) is 7.73. The Bertz CT molecular complexity index is 1720. The van der Waals surface area contributed by atoms with Crippen LogP contribution < -0.4 is 10.1 Å². The minimum absolute atomic E-state index is 0.0177. The van der Waals surface area contributed by atoms with Gasteiger partial charge in [-0.25, -0.2) is 0 Å². The smallest absolute Gasteiger partial charge is 0.296 e. The first-order valence-electron chi connectivity index (χ1n) is 11.7. The van der Waals surface area contributed by atoms with E-state index >= 15 is 0 Å². The number of rotatable bonds is 8. The van der Waals surface area contributed by atoms with E-state index in [9.17, 15) is 22.9 Å². The Balaban J connectivity index is 1.76. The van der Waals surface area contributed by atoms with Crippen LogP contribution in [0.5, 0.6) is 11.5 Å². The summed E-state index contributed by atoms with van der Waals surface area (Å²) < 4.78 is 38.4. The van der Waals surface area contributed by atoms with Crippen molar-refractivity contribution in [1.82, 2.24) is 0 Å². The molecule has 3 N–H and O–H groups in total. The first-order valence-corrected chi connectivity index (χ1v) is 13.9. The molecule has 4 aromatic rings. The molecule has 0 aliphatic heterocycles. The number of nitrogens with zero attached hydrogens (tertiary/aromatic N) is 2. The number of benzene rings is 4. The maximum Gasteiger partial charge on any atom is 0.296 e. The van der Waals surface area contributed by atoms with Gasteiger partial charge in [-0.3, -0.25) is 9.35 Å². The van der Waals surface area contributed by atoms with Crippen LogP contribution in [0.4, 0.5) is 17.1 Å². The lowest BCUT2D eigenvalue weighted by atomic mass is 10.0. The van der Waals surface area contributed by atoms with Crippen molar-refractivity contribution < 1.29 is 27.6 Å². The van der Waals surface area contributed by atoms with Crippen molar-refractivity contribution in [3.05, 3.63) is 81.8 Å². The highest BCUT2D eigenvalue weighted by atomic mass is 35.5. The van der Waals surface area contributed by atoms with Crippen molar-refractivity contribution in [1.29, 1.82) is 0 Å². The lowest BCUT2D eigenvalue weighted by Gasteiger charge is -2.13. The van der Waals surface area contributed by atoms with Crippen molar-refractivity contribution >= 4 is 67.1 Å². The van der Waals surface area contributed by atoms with Crippen molar-refractivity contribution in [2.24, 2.45) is 10.2 Å². The third-order valence-electron chi connectivity index (χ3n) is 5.75. The zero-order valence-corrected chi connectivity index (χ0v) is 23.1. The highest BCUT2D eigenvalue weighted by Gasteiger charge is 2.21. The van der Waals surface area contributed by atoms with Crippen LogP contribution in [-0.2, 0) is 16.5 Å². The highest BCUT2D eigenvalue weighted by molar-refractivity contribution is 7.86. The molecule has 0 aromatic heterocycles. The zero-order valence-electron chi connectivity index (χ0n) is 20.8. The van der Waals surface area contributed by atoms with Crippen molar-refractivity contribution in [2.75, 3.05) is 11.9 Å². The number of hydrogen-bond donors (Lipinski definition) is 3. The van der Waals surface area contributed by atoms with Gasteiger partial charge in [-0.2, -0.15) is 13.5 Å². The van der Waals surface area contributed by atoms with E-state index in [1.54, 1.807) is 49.4 Å². The lowest BCUT2D eigenvalue weighted by molar-refractivity contribution is 0.102. The number of carbonyl (C=O) groups excluding carboxylic acids is 1. The van der Waals surface area contributed by atoms with Gasteiger partial charge in [-0.05, 0) is 54.6 Å². The number of nitrogens with one attached hydrogen (secondary N) is 1. The van der Waals surface area contributed by atoms with Gasteiger partial charge >= 0.3 is 0 Å². The summed E-state index contributed by atoms with van der Waals surface area (Å²) >= 11 is 12.4. The van der Waals surface area contributed by atoms with Crippen molar-refractivity contribution in [2.45, 2.75) is 25.2 Å². The topological polar surface area (TPSA) is 138 Å². The van der Waals surface area contributed by atoms with Crippen LogP contribution in [0, 0.1) is 0 Å². The number of anilines is 1. The van der Waals surface area contributed by atoms with Gasteiger partial charge in [0.15, 0.2) is 5.75 Å². The quantitative estimate of drug-likeness (QED) is 0.142. The van der Waals surface area contributed by atoms with Crippen LogP contribution in [-0.4, -0.2) is 30.6 Å². The third kappa shape index (κ3) is 6.15. The predicted molar refractivity (Wildman–Crippen MR) is 151 cm³/mol. The Hall–Kier alpha value is -3.70. The Morgan fingerprint density at radius 3 is 2.41 bits per heavy atom. The second-order valence-corrected chi connectivity index (χ2v) is 10.5. The van der Waals surface area contributed by atoms with Crippen LogP contribution in [0.15, 0.2) is 75.8 Å². The van der Waals surface area contributed by atoms with Crippen LogP contribution in [0.25, 0.3) is 10.8 Å². The molecule has 4 rings (SSSR count). The molecule has 0 spiro atoms. The van der Waals surface area contributed by atoms with Gasteiger partial charge in [0.2, 0.25) is 0 Å². The number of aryl methyl sites for hydroxylation is 1. The second kappa shape index (κ2) is 11.6. The maximum atomic E-state index is 13.2. The molecular formula is C27H23Cl2N3O6S. The Labute approximate surface area is 234 Å². The van der Waals surface area contributed by atoms with Gasteiger partial charge in [0.1, 0.15) is 16.3 Å². The number of phenolic OH excluding ortho intramolecular Hbond substituents is 1. The van der Waals surface area contributed by atoms with Gasteiger partial charge < -0.3 is 15.2 Å². The summed E-state index contributed by atoms with van der Waals surface area (Å²) in [7, 11) is -4.55. The summed E-state index contributed by atoms with van der Waals surface area (Å²) in [6.07, 6.45) is 0.246. The molecule has 0 unspecified atom stereocenters. The molecule has 1 amide bonds. The molecule has 0 aliphatic carbocycles. The summed E-state index contributed by atoms with van der Waals surface area (Å²) in [5.41, 5.74) is 0.698. The van der Waals surface area contributed by atoms with Crippen LogP contribution >= 0.6 is 23.2 Å². The fourth-order valence-corrected chi connectivity index (χ4v) is 5.57. The van der Waals surface area contributed by atoms with Gasteiger partial charge in [0, 0.05) is 11.5 Å². The van der Waals surface area contributed by atoms with E-state index < -0.39 is 26.7 Å². The summed E-state index contributed by atoms with van der Waals surface area (Å²) in [6.45, 7) is 3.99. The van der Waals surface area contributed by atoms with E-state index in [1.807, 2.05) is 6.92 Å². The fourth-order valence-electron chi connectivity index (χ4n) is 3.99. The summed E-state index contributed by atoms with van der Waals surface area (Å²) in [5.74, 6) is -0.504. The van der Waals surface area contributed by atoms with Gasteiger partial charge in [-0.1, -0.05) is 54.4 Å². The number of azo groups is 1. The minimum atomic E-state index is -4.55. The first kappa shape index (κ1) is 28.3. The number of phenols is 1. The molecule has 9 nitrogen and oxygen atoms in total. The summed E-state index contributed by atoms with van der Waals surface area (Å²) in [4.78, 5) is 12.8. The summed E-state index contributed by atoms with van der Waals surface area (Å²) in [6, 6.07) is 16.0. The number of ether oxygens (including phenoxy) is 1. The molecule has 0 radical (unpaired) electrons. The molecule has 4 aromatic carbocycles. The SMILES string of the molecule is CCOc1ccc(NC(=O)c2cc3ccccc3c(N=Nc3cc(Cl)c(S(=O)(=O)O)c(CC)c3)c2O)c(Cl)c1. The highest BCUT2D eigenvalue weighted by Crippen LogP contribution is 2.40. The average molecular weight is 588 g/mol. The molecule has 0 aliphatic rings. The second-order valence-electron chi connectivity index (χ2n) is 8.32. The van der Waals surface area contributed by atoms with Gasteiger partial charge in [-0.15, -0.1) is 5.11 Å². The van der Waals surface area contributed by atoms with E-state index in [0.29, 0.717) is 28.8 Å². The number of halogens is 2. The number of hydrogen-bond acceptors (Lipinski definition) is 7. The molecule has 12 heteroatoms. The third-order valence-corrected chi connectivity index (χ3v) is 7.47. The molecule has 39 heavy (non-hydrogen) atoms. The maximum absolute atomic E-state index is 13.2. The molecule has 202 valence electrons. The van der Waals surface area contributed by atoms with Gasteiger partial charge in [0.05, 0.1) is 33.6 Å². The van der Waals surface area contributed by atoms with Crippen molar-refractivity contribution in [3.63, 3.8) is 0 Å². The van der Waals surface area contributed by atoms with Crippen LogP contribution in [0.2, 0.25) is 10.0 Å². The Morgan fingerprint density at radius 1 is 1.00 bits per heavy atom. The van der Waals surface area contributed by atoms with Crippen LogP contribution in [0.1, 0.15) is 29.8 Å². The minimum Gasteiger partial charge on any atom is -0.505 e. The molecule has 0 saturated heterocycles. The lowest BCUT2D eigenvalue weighted by Crippen LogP contribution is -2.12. The molecule has 0 heterocycles. The van der Waals surface area contributed by atoms with Crippen LogP contribution in [0.3, 0.4) is 0 Å². The number of fused-ring (bicyclic) bond motifs is 1. The summed E-state index contributed by atoms with van der Waals surface area (Å²) in [5, 5.41) is 23.3. The Morgan fingerprint density at radius 2 is 1.74 bits per heavy atom. The van der Waals surface area contributed by atoms with E-state index in [1.165, 1.54) is 18.2 Å². The first-order chi connectivity index (χ1) is 18.5. The zero-order chi connectivity index (χ0) is 28.3. The average Bonchev–Trinajstić information content (AvgIpc) is 2.88. The molecular weight excluding hydrogens is 565 g/mol. The molecule has 0 fully saturated rings. The largest absolute Gasteiger partial charge is 0.505 e. The fraction of sp³-hybridized carbons (Fsp3) is 0.148. The van der Waals surface area contributed by atoms with Crippen molar-refractivity contribution in [3.8, 4) is 11.5 Å². The standard InChI is InChI=1S/C27H23Cl2N3O6S/c1-3-15-11-17(13-22(29)26(15)39(35,36)37)31-32-24-19-8-6-5-7-16(19)12-20(25(24)33)27(34)30-23-10-9-18(38-4-2)14-21(23)28/h5-14,33H,3-4H2,1-2H3,(H,30,34)(H,35,36,37). The number of aromatic hydroxyl groups is 1. The Kier molecular flexibility index (Phi) is 8.41. The van der Waals surface area contributed by atoms with E-state index in [4.69, 9.17) is 27.9 Å². The monoisotopic (exact) mass is 587 g/mol. The van der Waals surface area contributed by atoms with E-state index in [-0.39, 0.29) is 39.0 Å². The number of amides is 1. The molecule has 0 saturated carbocycles. The molecule has 0 bridgehead atoms. The number of carbonyl (C=O) groups is 1. The molecule has 0 atom stereocenters. The van der Waals surface area contributed by atoms with E-state index in [0.717, 1.165) is 0 Å². The van der Waals surface area contributed by atoms with E-state index in [2.05, 4.69) is 15.5 Å². The normalized spacial score (nSPS) is 11.7. The van der Waals surface area contributed by atoms with Gasteiger partial charge in [0.25, 0.3) is 16.0 Å².